The highest BCUT2D eigenvalue weighted by Crippen LogP contribution is 2.31. The smallest absolute Gasteiger partial charge is 0.357 e. The van der Waals surface area contributed by atoms with Gasteiger partial charge in [0.05, 0.1) is 25.5 Å². The Balaban J connectivity index is 1.52. The number of nitrogens with zero attached hydrogens (tertiary/aromatic N) is 2. The van der Waals surface area contributed by atoms with E-state index in [9.17, 15) is 14.4 Å². The zero-order valence-electron chi connectivity index (χ0n) is 20.6. The minimum Gasteiger partial charge on any atom is -0.465 e. The molecule has 0 aliphatic rings. The van der Waals surface area contributed by atoms with Gasteiger partial charge in [0.15, 0.2) is 5.69 Å². The van der Waals surface area contributed by atoms with Crippen LogP contribution in [0.4, 0.5) is 0 Å². The normalized spacial score (nSPS) is 10.7. The molecule has 38 heavy (non-hydrogen) atoms. The van der Waals surface area contributed by atoms with Crippen molar-refractivity contribution in [2.75, 3.05) is 14.2 Å². The largest absolute Gasteiger partial charge is 0.465 e. The number of fused-ring (bicyclic) bond motifs is 1. The van der Waals surface area contributed by atoms with E-state index in [4.69, 9.17) is 14.2 Å². The third-order valence-corrected chi connectivity index (χ3v) is 6.00. The molecule has 5 rings (SSSR count). The lowest BCUT2D eigenvalue weighted by Gasteiger charge is -2.08. The highest BCUT2D eigenvalue weighted by molar-refractivity contribution is 6.07. The standard InChI is InChI=1S/C30H22N2O6/c1-36-29(34)25-26(31-32(27(25)30(35)37-2)21-11-4-3-5-12-21)20-15-17-22(18-16-20)38-28(33)24-14-8-10-19-9-6-7-13-23(19)24/h3-18H,1-2H3. The first kappa shape index (κ1) is 24.5. The first-order valence-corrected chi connectivity index (χ1v) is 11.7. The molecular formula is C30H22N2O6. The monoisotopic (exact) mass is 506 g/mol. The van der Waals surface area contributed by atoms with Crippen molar-refractivity contribution in [2.24, 2.45) is 0 Å². The lowest BCUT2D eigenvalue weighted by atomic mass is 10.0. The Morgan fingerprint density at radius 2 is 1.34 bits per heavy atom. The fraction of sp³-hybridized carbons (Fsp3) is 0.0667. The van der Waals surface area contributed by atoms with Gasteiger partial charge >= 0.3 is 17.9 Å². The number of hydrogen-bond acceptors (Lipinski definition) is 7. The molecular weight excluding hydrogens is 484 g/mol. The number of para-hydroxylation sites is 1. The van der Waals surface area contributed by atoms with E-state index >= 15 is 0 Å². The summed E-state index contributed by atoms with van der Waals surface area (Å²) in [6.45, 7) is 0. The quantitative estimate of drug-likeness (QED) is 0.222. The molecule has 0 aliphatic heterocycles. The Morgan fingerprint density at radius 3 is 2.05 bits per heavy atom. The summed E-state index contributed by atoms with van der Waals surface area (Å²) >= 11 is 0. The van der Waals surface area contributed by atoms with Crippen molar-refractivity contribution in [1.82, 2.24) is 9.78 Å². The van der Waals surface area contributed by atoms with Gasteiger partial charge in [0.2, 0.25) is 0 Å². The summed E-state index contributed by atoms with van der Waals surface area (Å²) in [5.41, 5.74) is 1.63. The molecule has 1 heterocycles. The van der Waals surface area contributed by atoms with Crippen LogP contribution in [0.3, 0.4) is 0 Å². The minimum absolute atomic E-state index is 0.0382. The Morgan fingerprint density at radius 1 is 0.684 bits per heavy atom. The third kappa shape index (κ3) is 4.51. The first-order chi connectivity index (χ1) is 18.5. The van der Waals surface area contributed by atoms with Crippen molar-refractivity contribution in [3.63, 3.8) is 0 Å². The molecule has 0 aliphatic carbocycles. The van der Waals surface area contributed by atoms with Crippen molar-refractivity contribution < 1.29 is 28.6 Å². The number of esters is 3. The van der Waals surface area contributed by atoms with E-state index in [1.54, 1.807) is 60.7 Å². The van der Waals surface area contributed by atoms with Crippen LogP contribution in [0.1, 0.15) is 31.2 Å². The Hall–Kier alpha value is -5.24. The molecule has 5 aromatic rings. The van der Waals surface area contributed by atoms with Crippen LogP contribution < -0.4 is 4.74 Å². The molecule has 4 aromatic carbocycles. The minimum atomic E-state index is -0.742. The van der Waals surface area contributed by atoms with E-state index in [0.29, 0.717) is 22.6 Å². The average molecular weight is 507 g/mol. The number of ether oxygens (including phenoxy) is 3. The number of benzene rings is 4. The maximum Gasteiger partial charge on any atom is 0.357 e. The van der Waals surface area contributed by atoms with Crippen LogP contribution in [0.5, 0.6) is 5.75 Å². The maximum atomic E-state index is 12.9. The van der Waals surface area contributed by atoms with E-state index < -0.39 is 17.9 Å². The number of rotatable bonds is 6. The van der Waals surface area contributed by atoms with Crippen LogP contribution in [0.25, 0.3) is 27.7 Å². The van der Waals surface area contributed by atoms with E-state index in [-0.39, 0.29) is 17.0 Å². The molecule has 8 heteroatoms. The highest BCUT2D eigenvalue weighted by Gasteiger charge is 2.31. The molecule has 0 atom stereocenters. The zero-order chi connectivity index (χ0) is 26.6. The molecule has 0 saturated carbocycles. The van der Waals surface area contributed by atoms with Gasteiger partial charge in [-0.15, -0.1) is 0 Å². The fourth-order valence-electron chi connectivity index (χ4n) is 4.20. The van der Waals surface area contributed by atoms with Crippen molar-refractivity contribution in [3.05, 3.63) is 114 Å². The van der Waals surface area contributed by atoms with Crippen LogP contribution >= 0.6 is 0 Å². The summed E-state index contributed by atoms with van der Waals surface area (Å²) in [7, 11) is 2.45. The molecule has 0 bridgehead atoms. The second kappa shape index (κ2) is 10.4. The second-order valence-corrected chi connectivity index (χ2v) is 8.24. The van der Waals surface area contributed by atoms with Crippen molar-refractivity contribution in [1.29, 1.82) is 0 Å². The average Bonchev–Trinajstić information content (AvgIpc) is 3.37. The SMILES string of the molecule is COC(=O)c1c(-c2ccc(OC(=O)c3cccc4ccccc34)cc2)nn(-c2ccccc2)c1C(=O)OC. The van der Waals surface area contributed by atoms with Gasteiger partial charge in [-0.25, -0.2) is 19.1 Å². The molecule has 1 aromatic heterocycles. The molecule has 0 fully saturated rings. The van der Waals surface area contributed by atoms with Gasteiger partial charge in [0.1, 0.15) is 17.0 Å². The number of hydrogen-bond donors (Lipinski definition) is 0. The van der Waals surface area contributed by atoms with Crippen molar-refractivity contribution in [3.8, 4) is 22.7 Å². The predicted octanol–water partition coefficient (Wildman–Crippen LogP) is 5.48. The summed E-state index contributed by atoms with van der Waals surface area (Å²) in [5.74, 6) is -1.67. The fourth-order valence-corrected chi connectivity index (χ4v) is 4.20. The second-order valence-electron chi connectivity index (χ2n) is 8.24. The summed E-state index contributed by atoms with van der Waals surface area (Å²) in [6.07, 6.45) is 0. The van der Waals surface area contributed by atoms with Gasteiger partial charge in [0, 0.05) is 5.56 Å². The summed E-state index contributed by atoms with van der Waals surface area (Å²) in [4.78, 5) is 38.5. The highest BCUT2D eigenvalue weighted by atomic mass is 16.5. The van der Waals surface area contributed by atoms with E-state index in [1.165, 1.54) is 18.9 Å². The molecule has 8 nitrogen and oxygen atoms in total. The molecule has 0 amide bonds. The van der Waals surface area contributed by atoms with Gasteiger partial charge in [0.25, 0.3) is 0 Å². The Bertz CT molecular complexity index is 1650. The molecule has 188 valence electrons. The van der Waals surface area contributed by atoms with Gasteiger partial charge in [-0.1, -0.05) is 54.6 Å². The van der Waals surface area contributed by atoms with E-state index in [1.807, 2.05) is 36.4 Å². The number of carbonyl (C=O) groups excluding carboxylic acids is 3. The Kier molecular flexibility index (Phi) is 6.69. The number of methoxy groups -OCH3 is 2. The van der Waals surface area contributed by atoms with Crippen molar-refractivity contribution in [2.45, 2.75) is 0 Å². The summed E-state index contributed by atoms with van der Waals surface area (Å²) in [6, 6.07) is 28.4. The van der Waals surface area contributed by atoms with Crippen LogP contribution in [0.2, 0.25) is 0 Å². The molecule has 0 saturated heterocycles. The number of aromatic nitrogens is 2. The van der Waals surface area contributed by atoms with Crippen LogP contribution in [-0.2, 0) is 9.47 Å². The Labute approximate surface area is 218 Å². The third-order valence-electron chi connectivity index (χ3n) is 6.00. The topological polar surface area (TPSA) is 96.7 Å². The molecule has 0 N–H and O–H groups in total. The van der Waals surface area contributed by atoms with Gasteiger partial charge < -0.3 is 14.2 Å². The summed E-state index contributed by atoms with van der Waals surface area (Å²) in [5, 5.41) is 6.29. The van der Waals surface area contributed by atoms with Crippen LogP contribution in [0.15, 0.2) is 97.1 Å². The zero-order valence-corrected chi connectivity index (χ0v) is 20.6. The number of carbonyl (C=O) groups is 3. The predicted molar refractivity (Wildman–Crippen MR) is 141 cm³/mol. The lowest BCUT2D eigenvalue weighted by Crippen LogP contribution is -2.15. The lowest BCUT2D eigenvalue weighted by molar-refractivity contribution is 0.0549. The summed E-state index contributed by atoms with van der Waals surface area (Å²) < 4.78 is 16.9. The van der Waals surface area contributed by atoms with E-state index in [0.717, 1.165) is 10.8 Å². The molecule has 0 spiro atoms. The van der Waals surface area contributed by atoms with Crippen LogP contribution in [-0.4, -0.2) is 41.9 Å². The van der Waals surface area contributed by atoms with Crippen LogP contribution in [0, 0.1) is 0 Å². The van der Waals surface area contributed by atoms with Gasteiger partial charge in [-0.2, -0.15) is 5.10 Å². The maximum absolute atomic E-state index is 12.9. The molecule has 0 unspecified atom stereocenters. The molecule has 0 radical (unpaired) electrons. The van der Waals surface area contributed by atoms with E-state index in [2.05, 4.69) is 5.10 Å². The van der Waals surface area contributed by atoms with Crippen molar-refractivity contribution >= 4 is 28.7 Å². The first-order valence-electron chi connectivity index (χ1n) is 11.7. The van der Waals surface area contributed by atoms with Gasteiger partial charge in [-0.3, -0.25) is 0 Å². The van der Waals surface area contributed by atoms with Gasteiger partial charge in [-0.05, 0) is 53.2 Å².